The highest BCUT2D eigenvalue weighted by Gasteiger charge is 2.35. The zero-order valence-corrected chi connectivity index (χ0v) is 10.8. The van der Waals surface area contributed by atoms with E-state index < -0.39 is 11.7 Å². The van der Waals surface area contributed by atoms with Gasteiger partial charge in [-0.25, -0.2) is 4.98 Å². The van der Waals surface area contributed by atoms with E-state index in [1.54, 1.807) is 0 Å². The molecule has 0 unspecified atom stereocenters. The highest BCUT2D eigenvalue weighted by atomic mass is 32.1. The van der Waals surface area contributed by atoms with E-state index in [2.05, 4.69) is 15.3 Å². The molecule has 0 aromatic carbocycles. The SMILES string of the molecule is Cc1ccsc1CNc1nc(N)ncc1C(F)(F)F. The van der Waals surface area contributed by atoms with Gasteiger partial charge >= 0.3 is 6.18 Å². The molecular formula is C11H11F3N4S. The summed E-state index contributed by atoms with van der Waals surface area (Å²) in [5, 5.41) is 4.54. The van der Waals surface area contributed by atoms with E-state index in [4.69, 9.17) is 5.73 Å². The van der Waals surface area contributed by atoms with E-state index in [9.17, 15) is 13.2 Å². The molecule has 0 saturated carbocycles. The summed E-state index contributed by atoms with van der Waals surface area (Å²) in [6.45, 7) is 2.16. The lowest BCUT2D eigenvalue weighted by Gasteiger charge is -2.13. The number of hydrogen-bond donors (Lipinski definition) is 2. The van der Waals surface area contributed by atoms with Crippen LogP contribution in [-0.4, -0.2) is 9.97 Å². The van der Waals surface area contributed by atoms with Gasteiger partial charge in [-0.15, -0.1) is 11.3 Å². The lowest BCUT2D eigenvalue weighted by molar-refractivity contribution is -0.137. The Balaban J connectivity index is 2.24. The second-order valence-electron chi connectivity index (χ2n) is 3.87. The number of hydrogen-bond acceptors (Lipinski definition) is 5. The molecule has 8 heteroatoms. The molecule has 2 rings (SSSR count). The topological polar surface area (TPSA) is 63.8 Å². The molecule has 0 aliphatic rings. The molecule has 2 aromatic heterocycles. The molecule has 0 spiro atoms. The first-order valence-electron chi connectivity index (χ1n) is 5.34. The van der Waals surface area contributed by atoms with Gasteiger partial charge in [-0.1, -0.05) is 0 Å². The predicted molar refractivity (Wildman–Crippen MR) is 67.8 cm³/mol. The van der Waals surface area contributed by atoms with Crippen molar-refractivity contribution in [2.75, 3.05) is 11.1 Å². The van der Waals surface area contributed by atoms with Crippen LogP contribution in [0.2, 0.25) is 0 Å². The number of nitrogens with zero attached hydrogens (tertiary/aromatic N) is 2. The summed E-state index contributed by atoms with van der Waals surface area (Å²) in [5.74, 6) is -0.494. The molecule has 0 radical (unpaired) electrons. The van der Waals surface area contributed by atoms with Crippen LogP contribution in [0.1, 0.15) is 16.0 Å². The molecule has 0 aliphatic carbocycles. The van der Waals surface area contributed by atoms with E-state index in [0.717, 1.165) is 10.4 Å². The second kappa shape index (κ2) is 5.04. The number of nitrogens with one attached hydrogen (secondary N) is 1. The van der Waals surface area contributed by atoms with E-state index in [-0.39, 0.29) is 18.3 Å². The van der Waals surface area contributed by atoms with E-state index in [1.165, 1.54) is 11.3 Å². The first kappa shape index (κ1) is 13.6. The second-order valence-corrected chi connectivity index (χ2v) is 4.87. The van der Waals surface area contributed by atoms with Gasteiger partial charge in [0.15, 0.2) is 0 Å². The number of nitrogen functional groups attached to an aromatic ring is 1. The van der Waals surface area contributed by atoms with Crippen LogP contribution in [0, 0.1) is 6.92 Å². The Bertz CT molecular complexity index is 580. The van der Waals surface area contributed by atoms with Crippen LogP contribution in [-0.2, 0) is 12.7 Å². The molecule has 4 nitrogen and oxygen atoms in total. The first-order chi connectivity index (χ1) is 8.88. The lowest BCUT2D eigenvalue weighted by Crippen LogP contribution is -2.14. The Morgan fingerprint density at radius 3 is 2.74 bits per heavy atom. The normalized spacial score (nSPS) is 11.6. The fraction of sp³-hybridized carbons (Fsp3) is 0.273. The number of halogens is 3. The van der Waals surface area contributed by atoms with Gasteiger partial charge < -0.3 is 11.1 Å². The summed E-state index contributed by atoms with van der Waals surface area (Å²) < 4.78 is 38.3. The third kappa shape index (κ3) is 3.14. The van der Waals surface area contributed by atoms with Crippen molar-refractivity contribution < 1.29 is 13.2 Å². The molecule has 0 fully saturated rings. The smallest absolute Gasteiger partial charge is 0.368 e. The number of rotatable bonds is 3. The Kier molecular flexibility index (Phi) is 3.61. The van der Waals surface area contributed by atoms with Gasteiger partial charge in [-0.05, 0) is 23.9 Å². The van der Waals surface area contributed by atoms with Crippen LogP contribution in [0.15, 0.2) is 17.6 Å². The van der Waals surface area contributed by atoms with Gasteiger partial charge in [0.1, 0.15) is 11.4 Å². The summed E-state index contributed by atoms with van der Waals surface area (Å²) in [6, 6.07) is 1.90. The minimum Gasteiger partial charge on any atom is -0.368 e. The minimum atomic E-state index is -4.51. The molecule has 102 valence electrons. The monoisotopic (exact) mass is 288 g/mol. The zero-order chi connectivity index (χ0) is 14.0. The summed E-state index contributed by atoms with van der Waals surface area (Å²) >= 11 is 1.47. The molecule has 2 heterocycles. The van der Waals surface area contributed by atoms with Gasteiger partial charge in [0.2, 0.25) is 5.95 Å². The summed E-state index contributed by atoms with van der Waals surface area (Å²) in [5.41, 5.74) is 5.42. The summed E-state index contributed by atoms with van der Waals surface area (Å²) in [4.78, 5) is 7.94. The molecular weight excluding hydrogens is 277 g/mol. The molecule has 2 aromatic rings. The molecule has 0 atom stereocenters. The summed E-state index contributed by atoms with van der Waals surface area (Å²) in [6.07, 6.45) is -3.83. The number of alkyl halides is 3. The predicted octanol–water partition coefficient (Wildman–Crippen LogP) is 3.06. The Hall–Kier alpha value is -1.83. The van der Waals surface area contributed by atoms with Crippen molar-refractivity contribution in [1.29, 1.82) is 0 Å². The number of nitrogens with two attached hydrogens (primary N) is 1. The van der Waals surface area contributed by atoms with Crippen LogP contribution >= 0.6 is 11.3 Å². The van der Waals surface area contributed by atoms with Crippen LogP contribution in [0.25, 0.3) is 0 Å². The van der Waals surface area contributed by atoms with Gasteiger partial charge in [-0.3, -0.25) is 0 Å². The standard InChI is InChI=1S/C11H11F3N4S/c1-6-2-3-19-8(6)5-16-9-7(11(12,13)14)4-17-10(15)18-9/h2-4H,5H2,1H3,(H3,15,16,17,18). The third-order valence-electron chi connectivity index (χ3n) is 2.50. The third-order valence-corrected chi connectivity index (χ3v) is 3.52. The Labute approximate surface area is 111 Å². The number of aromatic nitrogens is 2. The maximum atomic E-state index is 12.8. The van der Waals surface area contributed by atoms with Crippen LogP contribution in [0.4, 0.5) is 24.9 Å². The quantitative estimate of drug-likeness (QED) is 0.911. The zero-order valence-electron chi connectivity index (χ0n) is 9.95. The largest absolute Gasteiger partial charge is 0.421 e. The lowest BCUT2D eigenvalue weighted by atomic mass is 10.2. The molecule has 0 amide bonds. The number of aryl methyl sites for hydroxylation is 1. The Morgan fingerprint density at radius 2 is 2.16 bits per heavy atom. The van der Waals surface area contributed by atoms with Crippen molar-refractivity contribution in [3.8, 4) is 0 Å². The molecule has 19 heavy (non-hydrogen) atoms. The van der Waals surface area contributed by atoms with E-state index in [1.807, 2.05) is 18.4 Å². The van der Waals surface area contributed by atoms with Crippen molar-refractivity contribution in [2.24, 2.45) is 0 Å². The van der Waals surface area contributed by atoms with Crippen molar-refractivity contribution >= 4 is 23.1 Å². The maximum absolute atomic E-state index is 12.8. The van der Waals surface area contributed by atoms with E-state index in [0.29, 0.717) is 6.20 Å². The number of thiophene rings is 1. The average Bonchev–Trinajstić information content (AvgIpc) is 2.70. The summed E-state index contributed by atoms with van der Waals surface area (Å²) in [7, 11) is 0. The fourth-order valence-corrected chi connectivity index (χ4v) is 2.33. The van der Waals surface area contributed by atoms with Gasteiger partial charge in [0.25, 0.3) is 0 Å². The van der Waals surface area contributed by atoms with Crippen LogP contribution in [0.5, 0.6) is 0 Å². The first-order valence-corrected chi connectivity index (χ1v) is 6.22. The average molecular weight is 288 g/mol. The molecule has 0 bridgehead atoms. The molecule has 0 saturated heterocycles. The van der Waals surface area contributed by atoms with Gasteiger partial charge in [0.05, 0.1) is 6.54 Å². The van der Waals surface area contributed by atoms with Crippen molar-refractivity contribution in [3.63, 3.8) is 0 Å². The molecule has 3 N–H and O–H groups in total. The molecule has 0 aliphatic heterocycles. The fourth-order valence-electron chi connectivity index (χ4n) is 1.49. The van der Waals surface area contributed by atoms with Crippen LogP contribution < -0.4 is 11.1 Å². The highest BCUT2D eigenvalue weighted by Crippen LogP contribution is 2.33. The highest BCUT2D eigenvalue weighted by molar-refractivity contribution is 7.10. The van der Waals surface area contributed by atoms with Crippen LogP contribution in [0.3, 0.4) is 0 Å². The van der Waals surface area contributed by atoms with Crippen molar-refractivity contribution in [2.45, 2.75) is 19.6 Å². The Morgan fingerprint density at radius 1 is 1.42 bits per heavy atom. The van der Waals surface area contributed by atoms with Gasteiger partial charge in [-0.2, -0.15) is 18.2 Å². The van der Waals surface area contributed by atoms with E-state index >= 15 is 0 Å². The van der Waals surface area contributed by atoms with Crippen molar-refractivity contribution in [1.82, 2.24) is 9.97 Å². The van der Waals surface area contributed by atoms with Gasteiger partial charge in [0, 0.05) is 11.1 Å². The maximum Gasteiger partial charge on any atom is 0.421 e. The number of anilines is 2. The van der Waals surface area contributed by atoms with Crippen molar-refractivity contribution in [3.05, 3.63) is 33.6 Å². The minimum absolute atomic E-state index is 0.196.